The molecule has 0 spiro atoms. The van der Waals surface area contributed by atoms with E-state index in [1.807, 2.05) is 6.07 Å². The molecule has 1 aliphatic carbocycles. The fourth-order valence-corrected chi connectivity index (χ4v) is 3.00. The minimum absolute atomic E-state index is 0.397. The lowest BCUT2D eigenvalue weighted by Gasteiger charge is -2.35. The predicted molar refractivity (Wildman–Crippen MR) is 81.6 cm³/mol. The first-order valence-electron chi connectivity index (χ1n) is 7.49. The molecule has 0 aliphatic heterocycles. The Labute approximate surface area is 121 Å². The van der Waals surface area contributed by atoms with Gasteiger partial charge in [0.2, 0.25) is 0 Å². The van der Waals surface area contributed by atoms with Crippen LogP contribution in [-0.2, 0) is 11.3 Å². The van der Waals surface area contributed by atoms with Gasteiger partial charge in [-0.15, -0.1) is 0 Å². The van der Waals surface area contributed by atoms with Crippen molar-refractivity contribution in [1.82, 2.24) is 9.97 Å². The van der Waals surface area contributed by atoms with Crippen molar-refractivity contribution in [3.63, 3.8) is 0 Å². The maximum atomic E-state index is 5.87. The van der Waals surface area contributed by atoms with Gasteiger partial charge in [0.05, 0.1) is 0 Å². The van der Waals surface area contributed by atoms with E-state index < -0.39 is 0 Å². The first kappa shape index (κ1) is 15.0. The zero-order valence-electron chi connectivity index (χ0n) is 12.8. The largest absolute Gasteiger partial charge is 0.384 e. The van der Waals surface area contributed by atoms with Gasteiger partial charge < -0.3 is 15.4 Å². The highest BCUT2D eigenvalue weighted by Crippen LogP contribution is 2.30. The summed E-state index contributed by atoms with van der Waals surface area (Å²) in [5.74, 6) is 2.97. The smallest absolute Gasteiger partial charge is 0.158 e. The van der Waals surface area contributed by atoms with Crippen LogP contribution in [0, 0.1) is 5.92 Å². The van der Waals surface area contributed by atoms with E-state index >= 15 is 0 Å². The highest BCUT2D eigenvalue weighted by molar-refractivity contribution is 5.47. The number of nitrogens with two attached hydrogens (primary N) is 1. The van der Waals surface area contributed by atoms with E-state index in [2.05, 4.69) is 28.8 Å². The van der Waals surface area contributed by atoms with Gasteiger partial charge in [0, 0.05) is 26.3 Å². The molecule has 5 heteroatoms. The molecule has 0 aromatic carbocycles. The molecule has 0 saturated heterocycles. The molecular formula is C15H26N4O. The van der Waals surface area contributed by atoms with E-state index in [1.165, 1.54) is 32.1 Å². The first-order chi connectivity index (χ1) is 9.63. The van der Waals surface area contributed by atoms with Gasteiger partial charge in [-0.3, -0.25) is 0 Å². The molecule has 1 fully saturated rings. The Bertz CT molecular complexity index is 430. The second-order valence-electron chi connectivity index (χ2n) is 5.69. The third-order valence-corrected chi connectivity index (χ3v) is 4.35. The van der Waals surface area contributed by atoms with Gasteiger partial charge in [-0.05, 0) is 31.6 Å². The molecule has 112 valence electrons. The summed E-state index contributed by atoms with van der Waals surface area (Å²) >= 11 is 0. The predicted octanol–water partition coefficient (Wildman–Crippen LogP) is 2.61. The average molecular weight is 278 g/mol. The summed E-state index contributed by atoms with van der Waals surface area (Å²) in [5.41, 5.74) is 5.87. The molecule has 20 heavy (non-hydrogen) atoms. The van der Waals surface area contributed by atoms with E-state index in [1.54, 1.807) is 7.11 Å². The molecule has 1 aromatic heterocycles. The Morgan fingerprint density at radius 2 is 2.00 bits per heavy atom. The van der Waals surface area contributed by atoms with Crippen molar-refractivity contribution < 1.29 is 4.74 Å². The Morgan fingerprint density at radius 1 is 1.30 bits per heavy atom. The molecular weight excluding hydrogens is 252 g/mol. The highest BCUT2D eigenvalue weighted by atomic mass is 16.5. The van der Waals surface area contributed by atoms with Crippen molar-refractivity contribution in [2.24, 2.45) is 5.92 Å². The lowest BCUT2D eigenvalue weighted by atomic mass is 9.84. The maximum Gasteiger partial charge on any atom is 0.158 e. The highest BCUT2D eigenvalue weighted by Gasteiger charge is 2.24. The number of nitrogens with zero attached hydrogens (tertiary/aromatic N) is 3. The molecule has 1 aromatic rings. The molecule has 2 N–H and O–H groups in total. The third-order valence-electron chi connectivity index (χ3n) is 4.35. The number of hydrogen-bond donors (Lipinski definition) is 1. The van der Waals surface area contributed by atoms with E-state index in [0.717, 1.165) is 11.7 Å². The summed E-state index contributed by atoms with van der Waals surface area (Å²) in [7, 11) is 3.75. The van der Waals surface area contributed by atoms with E-state index in [4.69, 9.17) is 10.5 Å². The lowest BCUT2D eigenvalue weighted by molar-refractivity contribution is 0.178. The zero-order valence-corrected chi connectivity index (χ0v) is 12.8. The summed E-state index contributed by atoms with van der Waals surface area (Å²) in [4.78, 5) is 11.0. The van der Waals surface area contributed by atoms with E-state index in [9.17, 15) is 0 Å². The van der Waals surface area contributed by atoms with Crippen LogP contribution in [0.5, 0.6) is 0 Å². The summed E-state index contributed by atoms with van der Waals surface area (Å²) in [6, 6.07) is 2.41. The second-order valence-corrected chi connectivity index (χ2v) is 5.69. The van der Waals surface area contributed by atoms with Gasteiger partial charge in [0.1, 0.15) is 18.2 Å². The van der Waals surface area contributed by atoms with Crippen LogP contribution >= 0.6 is 0 Å². The molecule has 1 aliphatic rings. The summed E-state index contributed by atoms with van der Waals surface area (Å²) < 4.78 is 5.09. The molecule has 0 radical (unpaired) electrons. The fourth-order valence-electron chi connectivity index (χ4n) is 3.00. The summed E-state index contributed by atoms with van der Waals surface area (Å²) in [6.45, 7) is 2.69. The number of anilines is 2. The fraction of sp³-hybridized carbons (Fsp3) is 0.733. The van der Waals surface area contributed by atoms with Crippen LogP contribution in [0.2, 0.25) is 0 Å². The van der Waals surface area contributed by atoms with Crippen LogP contribution in [0.25, 0.3) is 0 Å². The molecule has 5 nitrogen and oxygen atoms in total. The zero-order chi connectivity index (χ0) is 14.5. The molecule has 0 atom stereocenters. The van der Waals surface area contributed by atoms with Crippen molar-refractivity contribution >= 4 is 11.6 Å². The first-order valence-corrected chi connectivity index (χ1v) is 7.49. The second kappa shape index (κ2) is 6.88. The summed E-state index contributed by atoms with van der Waals surface area (Å²) in [6.07, 6.45) is 6.40. The number of methoxy groups -OCH3 is 1. The Morgan fingerprint density at radius 3 is 2.60 bits per heavy atom. The van der Waals surface area contributed by atoms with Gasteiger partial charge >= 0.3 is 0 Å². The normalized spacial score (nSPS) is 22.8. The van der Waals surface area contributed by atoms with Crippen molar-refractivity contribution in [2.45, 2.75) is 51.7 Å². The number of aromatic nitrogens is 2. The SMILES string of the molecule is CCC1CCC(N(C)c2cc(N)nc(COC)n2)CC1. The molecule has 0 bridgehead atoms. The van der Waals surface area contributed by atoms with E-state index in [-0.39, 0.29) is 0 Å². The summed E-state index contributed by atoms with van der Waals surface area (Å²) in [5, 5.41) is 0. The molecule has 0 unspecified atom stereocenters. The van der Waals surface area contributed by atoms with Crippen molar-refractivity contribution in [3.05, 3.63) is 11.9 Å². The monoisotopic (exact) mass is 278 g/mol. The Hall–Kier alpha value is -1.36. The Kier molecular flexibility index (Phi) is 5.17. The number of hydrogen-bond acceptors (Lipinski definition) is 5. The van der Waals surface area contributed by atoms with Gasteiger partial charge in [-0.1, -0.05) is 13.3 Å². The van der Waals surface area contributed by atoms with Crippen molar-refractivity contribution in [2.75, 3.05) is 24.8 Å². The average Bonchev–Trinajstić information content (AvgIpc) is 2.46. The maximum absolute atomic E-state index is 5.87. The quantitative estimate of drug-likeness (QED) is 0.897. The van der Waals surface area contributed by atoms with Gasteiger partial charge in [0.15, 0.2) is 5.82 Å². The van der Waals surface area contributed by atoms with Crippen LogP contribution in [0.1, 0.15) is 44.9 Å². The van der Waals surface area contributed by atoms with Crippen LogP contribution < -0.4 is 10.6 Å². The van der Waals surface area contributed by atoms with E-state index in [0.29, 0.717) is 24.3 Å². The van der Waals surface area contributed by atoms with Crippen molar-refractivity contribution in [3.8, 4) is 0 Å². The lowest BCUT2D eigenvalue weighted by Crippen LogP contribution is -2.36. The molecule has 2 rings (SSSR count). The number of nitrogen functional groups attached to an aromatic ring is 1. The van der Waals surface area contributed by atoms with Gasteiger partial charge in [-0.2, -0.15) is 0 Å². The number of ether oxygens (including phenoxy) is 1. The topological polar surface area (TPSA) is 64.3 Å². The van der Waals surface area contributed by atoms with Crippen molar-refractivity contribution in [1.29, 1.82) is 0 Å². The standard InChI is InChI=1S/C15H26N4O/c1-4-11-5-7-12(8-6-11)19(2)15-9-13(16)17-14(18-15)10-20-3/h9,11-12H,4-8,10H2,1-3H3,(H2,16,17,18). The van der Waals surface area contributed by atoms with Gasteiger partial charge in [-0.25, -0.2) is 9.97 Å². The minimum atomic E-state index is 0.397. The molecule has 1 saturated carbocycles. The molecule has 1 heterocycles. The molecule has 0 amide bonds. The van der Waals surface area contributed by atoms with Gasteiger partial charge in [0.25, 0.3) is 0 Å². The number of rotatable bonds is 5. The van der Waals surface area contributed by atoms with Crippen LogP contribution in [0.15, 0.2) is 6.07 Å². The minimum Gasteiger partial charge on any atom is -0.384 e. The Balaban J connectivity index is 2.07. The third kappa shape index (κ3) is 3.60. The van der Waals surface area contributed by atoms with Crippen LogP contribution in [-0.4, -0.2) is 30.2 Å². The van der Waals surface area contributed by atoms with Crippen LogP contribution in [0.4, 0.5) is 11.6 Å². The van der Waals surface area contributed by atoms with Crippen LogP contribution in [0.3, 0.4) is 0 Å².